The number of alkyl halides is 3. The predicted octanol–water partition coefficient (Wildman–Crippen LogP) is 11.2. The Balaban J connectivity index is 0.952. The van der Waals surface area contributed by atoms with Crippen molar-refractivity contribution in [2.24, 2.45) is 11.3 Å². The molecule has 2 fully saturated rings. The lowest BCUT2D eigenvalue weighted by Crippen LogP contribution is -2.48. The molecule has 21 heteroatoms. The summed E-state index contributed by atoms with van der Waals surface area (Å²) < 4.78 is 77.0. The van der Waals surface area contributed by atoms with Crippen molar-refractivity contribution in [2.45, 2.75) is 143 Å². The lowest BCUT2D eigenvalue weighted by Gasteiger charge is -2.34. The highest BCUT2D eigenvalue weighted by molar-refractivity contribution is 7.13. The van der Waals surface area contributed by atoms with Gasteiger partial charge >= 0.3 is 18.1 Å². The number of cyclic esters (lactones) is 1. The van der Waals surface area contributed by atoms with Gasteiger partial charge in [-0.15, -0.1) is 11.3 Å². The van der Waals surface area contributed by atoms with Crippen LogP contribution in [-0.2, 0) is 58.6 Å². The fourth-order valence-corrected chi connectivity index (χ4v) is 10.9. The van der Waals surface area contributed by atoms with Crippen LogP contribution in [-0.4, -0.2) is 109 Å². The highest BCUT2D eigenvalue weighted by atomic mass is 32.1. The van der Waals surface area contributed by atoms with E-state index in [0.717, 1.165) is 38.7 Å². The summed E-state index contributed by atoms with van der Waals surface area (Å²) in [7, 11) is 0. The van der Waals surface area contributed by atoms with E-state index in [-0.39, 0.29) is 101 Å². The number of aryl methyl sites for hydroxylation is 1. The molecule has 2 amide bonds. The van der Waals surface area contributed by atoms with Crippen LogP contribution in [0.2, 0.25) is 0 Å². The minimum atomic E-state index is -4.83. The number of aromatic nitrogens is 1. The van der Waals surface area contributed by atoms with Crippen LogP contribution < -0.4 is 14.5 Å². The van der Waals surface area contributed by atoms with Gasteiger partial charge in [-0.25, -0.2) is 4.98 Å². The molecule has 4 aromatic rings. The number of carbonyl (C=O) groups excluding carboxylic acids is 6. The molecule has 4 heterocycles. The van der Waals surface area contributed by atoms with Crippen LogP contribution in [0.3, 0.4) is 0 Å². The number of hydrogen-bond acceptors (Lipinski definition) is 16. The molecule has 3 aromatic carbocycles. The molecule has 3 aliphatic rings. The van der Waals surface area contributed by atoms with Crippen LogP contribution >= 0.6 is 11.3 Å². The van der Waals surface area contributed by atoms with E-state index < -0.39 is 76.5 Å². The molecule has 0 spiro atoms. The molecule has 3 unspecified atom stereocenters. The summed E-state index contributed by atoms with van der Waals surface area (Å²) in [6.07, 6.45) is -3.00. The number of nitriles is 1. The molecule has 0 radical (unpaired) electrons. The molecule has 444 valence electrons. The Hall–Kier alpha value is -7.25. The van der Waals surface area contributed by atoms with Crippen molar-refractivity contribution in [3.05, 3.63) is 119 Å². The molecule has 17 nitrogen and oxygen atoms in total. The number of fused-ring (bicyclic) bond motifs is 2. The zero-order valence-electron chi connectivity index (χ0n) is 48.0. The van der Waals surface area contributed by atoms with Crippen LogP contribution in [0.5, 0.6) is 5.75 Å². The number of ketones is 2. The highest BCUT2D eigenvalue weighted by Gasteiger charge is 2.50. The number of carbonyl (C=O) groups is 6. The lowest BCUT2D eigenvalue weighted by atomic mass is 9.77. The summed E-state index contributed by atoms with van der Waals surface area (Å²) in [5.74, 6) is -3.32. The van der Waals surface area contributed by atoms with E-state index in [1.54, 1.807) is 78.1 Å². The Morgan fingerprint density at radius 3 is 2.22 bits per heavy atom. The predicted molar refractivity (Wildman–Crippen MR) is 304 cm³/mol. The van der Waals surface area contributed by atoms with Gasteiger partial charge in [0, 0.05) is 57.4 Å². The van der Waals surface area contributed by atoms with E-state index in [4.69, 9.17) is 28.4 Å². The average Bonchev–Trinajstić information content (AvgIpc) is 2.17. The monoisotopic (exact) mass is 1170 g/mol. The van der Waals surface area contributed by atoms with E-state index in [1.165, 1.54) is 11.0 Å². The summed E-state index contributed by atoms with van der Waals surface area (Å²) in [5.41, 5.74) is 1.36. The third-order valence-electron chi connectivity index (χ3n) is 14.7. The minimum absolute atomic E-state index is 0.0216. The number of allylic oxidation sites excluding steroid dienone is 2. The van der Waals surface area contributed by atoms with Gasteiger partial charge in [-0.1, -0.05) is 70.7 Å². The van der Waals surface area contributed by atoms with Crippen LogP contribution in [0.1, 0.15) is 128 Å². The molecule has 0 N–H and O–H groups in total. The van der Waals surface area contributed by atoms with Crippen LogP contribution in [0.15, 0.2) is 96.8 Å². The maximum atomic E-state index is 14.6. The number of hydrogen-bond donors (Lipinski definition) is 0. The first-order valence-electron chi connectivity index (χ1n) is 27.8. The third kappa shape index (κ3) is 16.3. The Bertz CT molecular complexity index is 3060. The van der Waals surface area contributed by atoms with E-state index in [9.17, 15) is 47.2 Å². The standard InChI is InChI=1S/C62H72F3N5O12S/c1-39(42-16-18-43(19-17-42)56-40(2)67-38-83-56)32-52(72)58-68-36-55(82-58)81-54(74)15-12-10-9-11-14-53(73)80-49(26-30-77-28-13-29-78-37-47(71)34-51(57(68)75)60(4,5)6)27-31-79-48-24-22-45(23-25-48)70-41(3)69(59(76)61(70,7)8)46-21-20-44(35-66)50(33-46)62(63,64)65/h9-10,16-25,33,38-39,49,51,55,58H,3,11-15,26-32,34,36-37H2,1-2,4-8H3/b10-9+/t39-,49?,51?,55?,58+/m1/s1. The molecule has 5 atom stereocenters. The number of rotatable bonds is 11. The van der Waals surface area contributed by atoms with Crippen LogP contribution in [0.25, 0.3) is 10.4 Å². The van der Waals surface area contributed by atoms with Crippen molar-refractivity contribution in [1.29, 1.82) is 5.26 Å². The Kier molecular flexibility index (Phi) is 21.3. The fraction of sp³-hybridized carbons (Fsp3) is 0.484. The molecule has 0 aliphatic carbocycles. The number of ether oxygens (including phenoxy) is 6. The van der Waals surface area contributed by atoms with Gasteiger partial charge in [-0.05, 0) is 105 Å². The summed E-state index contributed by atoms with van der Waals surface area (Å²) in [4.78, 5) is 91.7. The number of Topliss-reactive ketones (excluding diaryl/α,β-unsaturated/α-hetero) is 2. The van der Waals surface area contributed by atoms with Crippen LogP contribution in [0, 0.1) is 29.6 Å². The fourth-order valence-electron chi connectivity index (χ4n) is 10.1. The van der Waals surface area contributed by atoms with Crippen molar-refractivity contribution in [3.8, 4) is 22.3 Å². The number of benzene rings is 3. The smallest absolute Gasteiger partial charge is 0.417 e. The quantitative estimate of drug-likeness (QED) is 0.101. The molecule has 2 bridgehead atoms. The second kappa shape index (κ2) is 27.9. The number of halogens is 3. The van der Waals surface area contributed by atoms with Crippen LogP contribution in [0.4, 0.5) is 24.5 Å². The SMILES string of the molecule is C=C1N(c2ccc(C#N)c(C(F)(F)F)c2)C(=O)C(C)(C)N1c1ccc(OCCC2CCOCCCOCC(=O)CC(C(C)(C)C)C(=O)N3CC(OC(=O)CC/C=C/CCC(=O)O2)O[C@H]3C(=O)C[C@@H](C)c2ccc(-c3scnc3C)cc2)cc1. The molecule has 2 saturated heterocycles. The number of anilines is 2. The number of esters is 2. The summed E-state index contributed by atoms with van der Waals surface area (Å²) >= 11 is 1.55. The molecule has 7 rings (SSSR count). The molecular formula is C62H72F3N5O12S. The molecule has 83 heavy (non-hydrogen) atoms. The zero-order chi connectivity index (χ0) is 60.2. The lowest BCUT2D eigenvalue weighted by molar-refractivity contribution is -0.178. The molecular weight excluding hydrogens is 1100 g/mol. The van der Waals surface area contributed by atoms with Crippen molar-refractivity contribution in [1.82, 2.24) is 9.88 Å². The topological polar surface area (TPSA) is 204 Å². The van der Waals surface area contributed by atoms with Crippen molar-refractivity contribution < 1.29 is 70.4 Å². The first-order chi connectivity index (χ1) is 39.4. The third-order valence-corrected chi connectivity index (χ3v) is 15.7. The van der Waals surface area contributed by atoms with E-state index in [0.29, 0.717) is 37.1 Å². The maximum Gasteiger partial charge on any atom is 0.417 e. The van der Waals surface area contributed by atoms with E-state index in [1.807, 2.05) is 58.9 Å². The summed E-state index contributed by atoms with van der Waals surface area (Å²) in [6, 6.07) is 19.2. The van der Waals surface area contributed by atoms with Gasteiger partial charge in [0.05, 0.1) is 64.6 Å². The minimum Gasteiger partial charge on any atom is -0.493 e. The van der Waals surface area contributed by atoms with Gasteiger partial charge in [0.1, 0.15) is 29.8 Å². The normalized spacial score (nSPS) is 22.2. The van der Waals surface area contributed by atoms with Crippen molar-refractivity contribution >= 4 is 58.0 Å². The van der Waals surface area contributed by atoms with Crippen molar-refractivity contribution in [2.75, 3.05) is 49.4 Å². The van der Waals surface area contributed by atoms with Crippen molar-refractivity contribution in [3.63, 3.8) is 0 Å². The molecule has 0 saturated carbocycles. The Morgan fingerprint density at radius 1 is 0.916 bits per heavy atom. The highest BCUT2D eigenvalue weighted by Crippen LogP contribution is 2.43. The van der Waals surface area contributed by atoms with Gasteiger partial charge in [0.25, 0.3) is 5.91 Å². The number of amides is 2. The second-order valence-corrected chi connectivity index (χ2v) is 23.3. The Morgan fingerprint density at radius 2 is 1.58 bits per heavy atom. The largest absolute Gasteiger partial charge is 0.493 e. The summed E-state index contributed by atoms with van der Waals surface area (Å²) in [6.45, 7) is 17.1. The first kappa shape index (κ1) is 63.3. The second-order valence-electron chi connectivity index (χ2n) is 22.4. The number of nitrogens with zero attached hydrogens (tertiary/aromatic N) is 5. The van der Waals surface area contributed by atoms with Gasteiger partial charge in [0.2, 0.25) is 12.2 Å². The van der Waals surface area contributed by atoms with Gasteiger partial charge in [-0.2, -0.15) is 18.4 Å². The first-order valence-corrected chi connectivity index (χ1v) is 28.6. The maximum absolute atomic E-state index is 14.6. The summed E-state index contributed by atoms with van der Waals surface area (Å²) in [5, 5.41) is 9.29. The zero-order valence-corrected chi connectivity index (χ0v) is 48.8. The average molecular weight is 1170 g/mol. The molecule has 3 aliphatic heterocycles. The van der Waals surface area contributed by atoms with E-state index in [2.05, 4.69) is 11.6 Å². The number of thiazole rings is 1. The van der Waals surface area contributed by atoms with Gasteiger partial charge in [0.15, 0.2) is 17.8 Å². The van der Waals surface area contributed by atoms with E-state index >= 15 is 0 Å². The Labute approximate surface area is 486 Å². The van der Waals surface area contributed by atoms with Gasteiger partial charge < -0.3 is 38.2 Å². The molecule has 1 aromatic heterocycles. The van der Waals surface area contributed by atoms with Gasteiger partial charge in [-0.3, -0.25) is 33.7 Å².